The smallest absolute Gasteiger partial charge is 0.240 e. The van der Waals surface area contributed by atoms with Crippen LogP contribution in [0.15, 0.2) is 0 Å². The molecule has 0 spiro atoms. The second-order valence-electron chi connectivity index (χ2n) is 7.65. The first-order valence-corrected chi connectivity index (χ1v) is 7.96. The summed E-state index contributed by atoms with van der Waals surface area (Å²) >= 11 is 0. The average molecular weight is 282 g/mol. The summed E-state index contributed by atoms with van der Waals surface area (Å²) in [5.74, 6) is -0.280. The third-order valence-corrected chi connectivity index (χ3v) is 4.98. The summed E-state index contributed by atoms with van der Waals surface area (Å²) < 4.78 is 6.12. The number of hydrogen-bond donors (Lipinski definition) is 2. The third kappa shape index (κ3) is 2.86. The topological polar surface area (TPSA) is 64.3 Å². The molecule has 20 heavy (non-hydrogen) atoms. The summed E-state index contributed by atoms with van der Waals surface area (Å²) in [5.41, 5.74) is 4.15. The zero-order chi connectivity index (χ0) is 15.0. The van der Waals surface area contributed by atoms with Gasteiger partial charge in [0.2, 0.25) is 5.91 Å². The van der Waals surface area contributed by atoms with Crippen molar-refractivity contribution in [2.24, 2.45) is 5.73 Å². The van der Waals surface area contributed by atoms with Crippen molar-refractivity contribution in [1.29, 1.82) is 0 Å². The lowest BCUT2D eigenvalue weighted by atomic mass is 9.77. The number of rotatable bonds is 3. The van der Waals surface area contributed by atoms with Crippen LogP contribution >= 0.6 is 0 Å². The standard InChI is InChI=1S/C16H30N2O2/c1-14(2)11-16(13(17)19,15(3,4)20-14)18-12-9-7-5-6-8-10-12/h12,18H,5-11H2,1-4H3,(H2,17,19). The maximum atomic E-state index is 12.3. The monoisotopic (exact) mass is 282 g/mol. The van der Waals surface area contributed by atoms with Crippen molar-refractivity contribution in [2.75, 3.05) is 0 Å². The highest BCUT2D eigenvalue weighted by Gasteiger charge is 2.61. The van der Waals surface area contributed by atoms with Crippen LogP contribution in [0.5, 0.6) is 0 Å². The van der Waals surface area contributed by atoms with E-state index in [1.165, 1.54) is 25.7 Å². The molecule has 4 heteroatoms. The highest BCUT2D eigenvalue weighted by atomic mass is 16.5. The highest BCUT2D eigenvalue weighted by Crippen LogP contribution is 2.45. The second-order valence-corrected chi connectivity index (χ2v) is 7.65. The van der Waals surface area contributed by atoms with E-state index in [1.807, 2.05) is 27.7 Å². The van der Waals surface area contributed by atoms with Gasteiger partial charge in [-0.05, 0) is 40.5 Å². The van der Waals surface area contributed by atoms with E-state index in [0.717, 1.165) is 12.8 Å². The lowest BCUT2D eigenvalue weighted by Crippen LogP contribution is -2.67. The molecule has 2 rings (SSSR count). The molecule has 3 N–H and O–H groups in total. The van der Waals surface area contributed by atoms with E-state index in [-0.39, 0.29) is 11.5 Å². The minimum absolute atomic E-state index is 0.280. The van der Waals surface area contributed by atoms with Gasteiger partial charge in [-0.25, -0.2) is 0 Å². The molecule has 2 fully saturated rings. The van der Waals surface area contributed by atoms with Crippen LogP contribution in [0, 0.1) is 0 Å². The number of nitrogens with one attached hydrogen (secondary N) is 1. The minimum Gasteiger partial charge on any atom is -0.368 e. The van der Waals surface area contributed by atoms with Gasteiger partial charge in [-0.15, -0.1) is 0 Å². The number of primary amides is 1. The zero-order valence-electron chi connectivity index (χ0n) is 13.4. The number of hydrogen-bond acceptors (Lipinski definition) is 3. The van der Waals surface area contributed by atoms with E-state index in [0.29, 0.717) is 12.5 Å². The van der Waals surface area contributed by atoms with Crippen LogP contribution in [0.3, 0.4) is 0 Å². The van der Waals surface area contributed by atoms with Crippen LogP contribution in [0.1, 0.15) is 72.6 Å². The molecule has 1 aliphatic heterocycles. The van der Waals surface area contributed by atoms with E-state index in [1.54, 1.807) is 0 Å². The number of ether oxygens (including phenoxy) is 1. The van der Waals surface area contributed by atoms with Gasteiger partial charge in [-0.3, -0.25) is 10.1 Å². The lowest BCUT2D eigenvalue weighted by Gasteiger charge is -2.40. The molecule has 0 bridgehead atoms. The molecule has 0 aromatic rings. The number of carbonyl (C=O) groups is 1. The van der Waals surface area contributed by atoms with Gasteiger partial charge >= 0.3 is 0 Å². The Bertz CT molecular complexity index is 371. The van der Waals surface area contributed by atoms with Gasteiger partial charge in [-0.2, -0.15) is 0 Å². The fraction of sp³-hybridized carbons (Fsp3) is 0.938. The normalized spacial score (nSPS) is 33.8. The van der Waals surface area contributed by atoms with Crippen molar-refractivity contribution in [3.05, 3.63) is 0 Å². The van der Waals surface area contributed by atoms with Crippen molar-refractivity contribution >= 4 is 5.91 Å². The molecule has 1 amide bonds. The van der Waals surface area contributed by atoms with Gasteiger partial charge in [0.15, 0.2) is 0 Å². The molecule has 0 aromatic carbocycles. The summed E-state index contributed by atoms with van der Waals surface area (Å²) in [6, 6.07) is 0.377. The molecule has 1 unspecified atom stereocenters. The molecule has 1 aliphatic carbocycles. The summed E-state index contributed by atoms with van der Waals surface area (Å²) in [5, 5.41) is 3.62. The molecular formula is C16H30N2O2. The molecule has 116 valence electrons. The lowest BCUT2D eigenvalue weighted by molar-refractivity contribution is -0.134. The summed E-state index contributed by atoms with van der Waals surface area (Å²) in [6.07, 6.45) is 7.96. The number of nitrogens with two attached hydrogens (primary N) is 1. The Hall–Kier alpha value is -0.610. The second kappa shape index (κ2) is 5.30. The predicted molar refractivity (Wildman–Crippen MR) is 80.4 cm³/mol. The third-order valence-electron chi connectivity index (χ3n) is 4.98. The summed E-state index contributed by atoms with van der Waals surface area (Å²) in [6.45, 7) is 8.04. The minimum atomic E-state index is -0.758. The fourth-order valence-electron chi connectivity index (χ4n) is 4.12. The van der Waals surface area contributed by atoms with E-state index in [9.17, 15) is 4.79 Å². The molecule has 1 heterocycles. The van der Waals surface area contributed by atoms with Gasteiger partial charge in [0, 0.05) is 12.5 Å². The predicted octanol–water partition coefficient (Wildman–Crippen LogP) is 2.50. The maximum absolute atomic E-state index is 12.3. The molecular weight excluding hydrogens is 252 g/mol. The summed E-state index contributed by atoms with van der Waals surface area (Å²) in [7, 11) is 0. The van der Waals surface area contributed by atoms with Crippen LogP contribution in [0.4, 0.5) is 0 Å². The van der Waals surface area contributed by atoms with Crippen molar-refractivity contribution in [3.63, 3.8) is 0 Å². The SMILES string of the molecule is CC1(C)CC(NC2CCCCCC2)(C(N)=O)C(C)(C)O1. The van der Waals surface area contributed by atoms with E-state index in [4.69, 9.17) is 10.5 Å². The van der Waals surface area contributed by atoms with Gasteiger partial charge in [0.25, 0.3) is 0 Å². The molecule has 0 aromatic heterocycles. The van der Waals surface area contributed by atoms with E-state index >= 15 is 0 Å². The van der Waals surface area contributed by atoms with Crippen LogP contribution in [-0.2, 0) is 9.53 Å². The molecule has 0 radical (unpaired) electrons. The van der Waals surface area contributed by atoms with Gasteiger partial charge < -0.3 is 10.5 Å². The Morgan fingerprint density at radius 3 is 2.05 bits per heavy atom. The Morgan fingerprint density at radius 2 is 1.65 bits per heavy atom. The average Bonchev–Trinajstić information content (AvgIpc) is 2.47. The van der Waals surface area contributed by atoms with Crippen molar-refractivity contribution in [2.45, 2.75) is 95.4 Å². The Labute approximate surface area is 122 Å². The van der Waals surface area contributed by atoms with Crippen molar-refractivity contribution < 1.29 is 9.53 Å². The van der Waals surface area contributed by atoms with E-state index in [2.05, 4.69) is 5.32 Å². The molecule has 1 saturated carbocycles. The van der Waals surface area contributed by atoms with Crippen molar-refractivity contribution in [3.8, 4) is 0 Å². The van der Waals surface area contributed by atoms with Gasteiger partial charge in [0.05, 0.1) is 11.2 Å². The first kappa shape index (κ1) is 15.8. The highest BCUT2D eigenvalue weighted by molar-refractivity contribution is 5.87. The Kier molecular flexibility index (Phi) is 4.18. The zero-order valence-corrected chi connectivity index (χ0v) is 13.4. The largest absolute Gasteiger partial charge is 0.368 e. The van der Waals surface area contributed by atoms with Crippen LogP contribution in [-0.4, -0.2) is 28.7 Å². The number of amides is 1. The van der Waals surface area contributed by atoms with Crippen LogP contribution in [0.25, 0.3) is 0 Å². The van der Waals surface area contributed by atoms with Crippen molar-refractivity contribution in [1.82, 2.24) is 5.32 Å². The fourth-order valence-corrected chi connectivity index (χ4v) is 4.12. The van der Waals surface area contributed by atoms with Gasteiger partial charge in [0.1, 0.15) is 5.54 Å². The molecule has 2 aliphatic rings. The maximum Gasteiger partial charge on any atom is 0.240 e. The first-order valence-electron chi connectivity index (χ1n) is 7.96. The first-order chi connectivity index (χ1) is 9.19. The van der Waals surface area contributed by atoms with Gasteiger partial charge in [-0.1, -0.05) is 25.7 Å². The Balaban J connectivity index is 2.23. The van der Waals surface area contributed by atoms with Crippen LogP contribution in [0.2, 0.25) is 0 Å². The Morgan fingerprint density at radius 1 is 1.10 bits per heavy atom. The number of carbonyl (C=O) groups excluding carboxylic acids is 1. The summed E-state index contributed by atoms with van der Waals surface area (Å²) in [4.78, 5) is 12.3. The molecule has 1 atom stereocenters. The quantitative estimate of drug-likeness (QED) is 0.782. The molecule has 1 saturated heterocycles. The van der Waals surface area contributed by atoms with E-state index < -0.39 is 11.1 Å². The molecule has 4 nitrogen and oxygen atoms in total. The van der Waals surface area contributed by atoms with Crippen LogP contribution < -0.4 is 11.1 Å².